The number of halogens is 3. The number of ether oxygens (including phenoxy) is 2. The molecule has 0 amide bonds. The smallest absolute Gasteiger partial charge is 0.222 e. The molecule has 1 heterocycles. The minimum absolute atomic E-state index is 0.0352. The fourth-order valence-electron chi connectivity index (χ4n) is 2.49. The van der Waals surface area contributed by atoms with Gasteiger partial charge in [-0.2, -0.15) is 0 Å². The first-order chi connectivity index (χ1) is 11.6. The maximum atomic E-state index is 13.9. The van der Waals surface area contributed by atoms with Crippen LogP contribution in [0, 0.1) is 11.6 Å². The Bertz CT molecular complexity index is 759. The number of benzene rings is 2. The van der Waals surface area contributed by atoms with Crippen LogP contribution in [0.1, 0.15) is 30.5 Å². The van der Waals surface area contributed by atoms with Crippen molar-refractivity contribution in [2.45, 2.75) is 19.4 Å². The number of rotatable bonds is 5. The maximum Gasteiger partial charge on any atom is 0.222 e. The second-order valence-electron chi connectivity index (χ2n) is 5.39. The van der Waals surface area contributed by atoms with Crippen LogP contribution in [0.3, 0.4) is 0 Å². The average molecular weight is 352 g/mol. The largest absolute Gasteiger partial charge is 0.493 e. The average Bonchev–Trinajstić information content (AvgIpc) is 3.02. The maximum absolute atomic E-state index is 13.9. The van der Waals surface area contributed by atoms with Gasteiger partial charge in [0, 0.05) is 10.6 Å². The summed E-state index contributed by atoms with van der Waals surface area (Å²) in [6.07, 6.45) is 0.849. The van der Waals surface area contributed by atoms with Gasteiger partial charge in [0.15, 0.2) is 0 Å². The lowest BCUT2D eigenvalue weighted by Gasteiger charge is -2.13. The van der Waals surface area contributed by atoms with E-state index in [1.165, 1.54) is 18.2 Å². The molecule has 3 nitrogen and oxygen atoms in total. The number of hydrogen-bond acceptors (Lipinski definition) is 3. The second-order valence-corrected chi connectivity index (χ2v) is 5.82. The van der Waals surface area contributed by atoms with Crippen molar-refractivity contribution in [1.29, 1.82) is 0 Å². The van der Waals surface area contributed by atoms with Crippen molar-refractivity contribution < 1.29 is 18.3 Å². The van der Waals surface area contributed by atoms with Crippen molar-refractivity contribution in [3.05, 3.63) is 64.2 Å². The lowest BCUT2D eigenvalue weighted by atomic mass is 10.1. The van der Waals surface area contributed by atoms with Crippen LogP contribution in [0.5, 0.6) is 5.75 Å². The van der Waals surface area contributed by atoms with Crippen LogP contribution in [0.25, 0.3) is 0 Å². The van der Waals surface area contributed by atoms with E-state index in [1.807, 2.05) is 6.92 Å². The van der Waals surface area contributed by atoms with Gasteiger partial charge < -0.3 is 9.47 Å². The van der Waals surface area contributed by atoms with E-state index in [4.69, 9.17) is 21.1 Å². The van der Waals surface area contributed by atoms with E-state index >= 15 is 0 Å². The van der Waals surface area contributed by atoms with Gasteiger partial charge in [0.25, 0.3) is 0 Å². The molecule has 0 N–H and O–H groups in total. The molecule has 1 aliphatic heterocycles. The molecular weight excluding hydrogens is 336 g/mol. The predicted octanol–water partition coefficient (Wildman–Crippen LogP) is 4.93. The molecule has 0 bridgehead atoms. The Morgan fingerprint density at radius 3 is 2.71 bits per heavy atom. The minimum Gasteiger partial charge on any atom is -0.493 e. The van der Waals surface area contributed by atoms with Gasteiger partial charge in [-0.25, -0.2) is 13.8 Å². The molecule has 0 saturated carbocycles. The molecule has 126 valence electrons. The molecule has 2 aromatic carbocycles. The third-order valence-electron chi connectivity index (χ3n) is 3.62. The van der Waals surface area contributed by atoms with E-state index in [9.17, 15) is 8.78 Å². The third kappa shape index (κ3) is 3.36. The summed E-state index contributed by atoms with van der Waals surface area (Å²) < 4.78 is 38.9. The van der Waals surface area contributed by atoms with Crippen molar-refractivity contribution in [2.24, 2.45) is 4.99 Å². The topological polar surface area (TPSA) is 30.8 Å². The summed E-state index contributed by atoms with van der Waals surface area (Å²) in [5.74, 6) is -0.829. The highest BCUT2D eigenvalue weighted by atomic mass is 35.5. The number of aliphatic imine (C=N–C) groups is 1. The molecule has 0 spiro atoms. The summed E-state index contributed by atoms with van der Waals surface area (Å²) in [4.78, 5) is 4.34. The first-order valence-corrected chi connectivity index (χ1v) is 8.05. The second kappa shape index (κ2) is 7.18. The Balaban J connectivity index is 1.94. The quantitative estimate of drug-likeness (QED) is 0.765. The molecule has 1 atom stereocenters. The van der Waals surface area contributed by atoms with Crippen molar-refractivity contribution in [3.63, 3.8) is 0 Å². The van der Waals surface area contributed by atoms with Crippen LogP contribution in [0.4, 0.5) is 8.78 Å². The van der Waals surface area contributed by atoms with E-state index in [1.54, 1.807) is 18.2 Å². The van der Waals surface area contributed by atoms with Gasteiger partial charge in [0.05, 0.1) is 6.61 Å². The fraction of sp³-hybridized carbons (Fsp3) is 0.278. The highest BCUT2D eigenvalue weighted by Crippen LogP contribution is 2.34. The van der Waals surface area contributed by atoms with Gasteiger partial charge in [0.1, 0.15) is 35.6 Å². The van der Waals surface area contributed by atoms with Gasteiger partial charge in [-0.1, -0.05) is 30.7 Å². The van der Waals surface area contributed by atoms with Crippen LogP contribution in [-0.2, 0) is 4.74 Å². The molecular formula is C18H16ClF2NO2. The lowest BCUT2D eigenvalue weighted by Crippen LogP contribution is -2.07. The SMILES string of the molecule is CCCOc1cc(Cl)ccc1C1COC(c2c(F)cccc2F)=N1. The molecule has 0 radical (unpaired) electrons. The number of nitrogens with zero attached hydrogens (tertiary/aromatic N) is 1. The van der Waals surface area contributed by atoms with Crippen LogP contribution in [0.2, 0.25) is 5.02 Å². The molecule has 6 heteroatoms. The standard InChI is InChI=1S/C18H16ClF2NO2/c1-2-8-23-16-9-11(19)6-7-12(16)15-10-24-18(22-15)17-13(20)4-3-5-14(17)21/h3-7,9,15H,2,8,10H2,1H3. The van der Waals surface area contributed by atoms with Crippen LogP contribution >= 0.6 is 11.6 Å². The molecule has 0 aliphatic carbocycles. The molecule has 3 rings (SSSR count). The summed E-state index contributed by atoms with van der Waals surface area (Å²) >= 11 is 6.02. The molecule has 1 unspecified atom stereocenters. The van der Waals surface area contributed by atoms with Gasteiger partial charge in [-0.05, 0) is 30.7 Å². The molecule has 2 aromatic rings. The van der Waals surface area contributed by atoms with E-state index in [0.717, 1.165) is 12.0 Å². The Morgan fingerprint density at radius 2 is 2.00 bits per heavy atom. The highest BCUT2D eigenvalue weighted by molar-refractivity contribution is 6.30. The first-order valence-electron chi connectivity index (χ1n) is 7.67. The molecule has 24 heavy (non-hydrogen) atoms. The molecule has 1 aliphatic rings. The van der Waals surface area contributed by atoms with Crippen molar-refractivity contribution >= 4 is 17.5 Å². The summed E-state index contributed by atoms with van der Waals surface area (Å²) in [5.41, 5.74) is 0.532. The van der Waals surface area contributed by atoms with Crippen LogP contribution < -0.4 is 4.74 Å². The van der Waals surface area contributed by atoms with E-state index < -0.39 is 17.7 Å². The third-order valence-corrected chi connectivity index (χ3v) is 3.86. The summed E-state index contributed by atoms with van der Waals surface area (Å²) in [5, 5.41) is 0.549. The summed E-state index contributed by atoms with van der Waals surface area (Å²) in [7, 11) is 0. The van der Waals surface area contributed by atoms with Gasteiger partial charge in [-0.3, -0.25) is 0 Å². The van der Waals surface area contributed by atoms with Crippen molar-refractivity contribution in [2.75, 3.05) is 13.2 Å². The van der Waals surface area contributed by atoms with Gasteiger partial charge in [0.2, 0.25) is 5.90 Å². The number of hydrogen-bond donors (Lipinski definition) is 0. The van der Waals surface area contributed by atoms with Crippen molar-refractivity contribution in [1.82, 2.24) is 0 Å². The van der Waals surface area contributed by atoms with Crippen molar-refractivity contribution in [3.8, 4) is 5.75 Å². The lowest BCUT2D eigenvalue weighted by molar-refractivity contribution is 0.296. The molecule has 0 fully saturated rings. The van der Waals surface area contributed by atoms with Gasteiger partial charge in [-0.15, -0.1) is 0 Å². The Morgan fingerprint density at radius 1 is 1.25 bits per heavy atom. The molecule has 0 saturated heterocycles. The summed E-state index contributed by atoms with van der Waals surface area (Å²) in [6.45, 7) is 2.73. The zero-order chi connectivity index (χ0) is 17.1. The van der Waals surface area contributed by atoms with E-state index in [0.29, 0.717) is 17.4 Å². The van der Waals surface area contributed by atoms with Gasteiger partial charge >= 0.3 is 0 Å². The zero-order valence-electron chi connectivity index (χ0n) is 13.1. The fourth-order valence-corrected chi connectivity index (χ4v) is 2.65. The first kappa shape index (κ1) is 16.7. The Hall–Kier alpha value is -2.14. The van der Waals surface area contributed by atoms with Crippen LogP contribution in [0.15, 0.2) is 41.4 Å². The zero-order valence-corrected chi connectivity index (χ0v) is 13.8. The minimum atomic E-state index is -0.701. The van der Waals surface area contributed by atoms with E-state index in [-0.39, 0.29) is 18.1 Å². The molecule has 0 aromatic heterocycles. The van der Waals surface area contributed by atoms with Crippen LogP contribution in [-0.4, -0.2) is 19.1 Å². The predicted molar refractivity (Wildman–Crippen MR) is 88.8 cm³/mol. The Labute approximate surface area is 143 Å². The highest BCUT2D eigenvalue weighted by Gasteiger charge is 2.28. The summed E-state index contributed by atoms with van der Waals surface area (Å²) in [6, 6.07) is 8.49. The Kier molecular flexibility index (Phi) is 5.00. The normalized spacial score (nSPS) is 16.7. The van der Waals surface area contributed by atoms with E-state index in [2.05, 4.69) is 4.99 Å². The monoisotopic (exact) mass is 351 g/mol.